The van der Waals surface area contributed by atoms with Gasteiger partial charge in [0, 0.05) is 12.2 Å². The van der Waals surface area contributed by atoms with Gasteiger partial charge in [-0.3, -0.25) is 4.79 Å². The van der Waals surface area contributed by atoms with E-state index in [0.29, 0.717) is 0 Å². The molecule has 0 fully saturated rings. The molecule has 0 spiro atoms. The first-order chi connectivity index (χ1) is 5.61. The van der Waals surface area contributed by atoms with Crippen molar-refractivity contribution >= 4 is 5.91 Å². The highest BCUT2D eigenvalue weighted by atomic mass is 16.1. The molecule has 1 aromatic heterocycles. The largest absolute Gasteiger partial charge is 0.368 e. The fraction of sp³-hybridized carbons (Fsp3) is 0.429. The number of imidazole rings is 1. The van der Waals surface area contributed by atoms with Gasteiger partial charge in [0.1, 0.15) is 6.54 Å². The number of aromatic nitrogens is 2. The minimum absolute atomic E-state index is 0.133. The molecular weight excluding hydrogens is 156 g/mol. The molecule has 1 amide bonds. The van der Waals surface area contributed by atoms with E-state index in [4.69, 9.17) is 11.5 Å². The van der Waals surface area contributed by atoms with Crippen LogP contribution in [0.3, 0.4) is 0 Å². The summed E-state index contributed by atoms with van der Waals surface area (Å²) in [7, 11) is 0. The Morgan fingerprint density at radius 3 is 3.00 bits per heavy atom. The van der Waals surface area contributed by atoms with E-state index in [0.717, 1.165) is 5.69 Å². The summed E-state index contributed by atoms with van der Waals surface area (Å²) in [5.74, 6) is -0.394. The fourth-order valence-corrected chi connectivity index (χ4v) is 1.01. The molecule has 0 aliphatic rings. The number of rotatable bonds is 3. The number of carbonyl (C=O) groups is 1. The van der Waals surface area contributed by atoms with Gasteiger partial charge in [0.05, 0.1) is 12.0 Å². The lowest BCUT2D eigenvalue weighted by Crippen LogP contribution is -2.21. The summed E-state index contributed by atoms with van der Waals surface area (Å²) in [6.45, 7) is 1.96. The summed E-state index contributed by atoms with van der Waals surface area (Å²) in [6, 6.07) is -0.133. The molecule has 4 N–H and O–H groups in total. The van der Waals surface area contributed by atoms with Crippen molar-refractivity contribution in [2.75, 3.05) is 0 Å². The van der Waals surface area contributed by atoms with Gasteiger partial charge in [0.2, 0.25) is 5.91 Å². The predicted molar refractivity (Wildman–Crippen MR) is 44.0 cm³/mol. The molecule has 5 heteroatoms. The molecule has 1 heterocycles. The first-order valence-electron chi connectivity index (χ1n) is 3.65. The van der Waals surface area contributed by atoms with Crippen molar-refractivity contribution in [2.24, 2.45) is 11.5 Å². The van der Waals surface area contributed by atoms with E-state index in [2.05, 4.69) is 4.98 Å². The monoisotopic (exact) mass is 168 g/mol. The van der Waals surface area contributed by atoms with Crippen molar-refractivity contribution in [3.8, 4) is 0 Å². The summed E-state index contributed by atoms with van der Waals surface area (Å²) in [4.78, 5) is 14.4. The Balaban J connectivity index is 2.84. The van der Waals surface area contributed by atoms with Gasteiger partial charge in [-0.05, 0) is 6.92 Å². The first kappa shape index (κ1) is 8.73. The summed E-state index contributed by atoms with van der Waals surface area (Å²) < 4.78 is 1.65. The highest BCUT2D eigenvalue weighted by Gasteiger charge is 2.07. The Morgan fingerprint density at radius 2 is 2.50 bits per heavy atom. The minimum Gasteiger partial charge on any atom is -0.368 e. The molecule has 0 aliphatic carbocycles. The predicted octanol–water partition coefficient (Wildman–Crippen LogP) is -0.612. The van der Waals surface area contributed by atoms with Crippen molar-refractivity contribution in [2.45, 2.75) is 19.5 Å². The van der Waals surface area contributed by atoms with E-state index in [1.54, 1.807) is 17.1 Å². The van der Waals surface area contributed by atoms with Gasteiger partial charge in [-0.25, -0.2) is 4.98 Å². The quantitative estimate of drug-likeness (QED) is 0.631. The normalized spacial score (nSPS) is 12.8. The Kier molecular flexibility index (Phi) is 2.44. The van der Waals surface area contributed by atoms with Crippen LogP contribution in [0.25, 0.3) is 0 Å². The third-order valence-corrected chi connectivity index (χ3v) is 1.54. The number of hydrogen-bond acceptors (Lipinski definition) is 3. The summed E-state index contributed by atoms with van der Waals surface area (Å²) in [5, 5.41) is 0. The zero-order chi connectivity index (χ0) is 9.14. The topological polar surface area (TPSA) is 86.9 Å². The first-order valence-corrected chi connectivity index (χ1v) is 3.65. The maximum atomic E-state index is 10.6. The SMILES string of the molecule is C[C@H](N)c1cncn1CC(N)=O. The van der Waals surface area contributed by atoms with Gasteiger partial charge in [0.25, 0.3) is 0 Å². The number of primary amides is 1. The third kappa shape index (κ3) is 1.82. The third-order valence-electron chi connectivity index (χ3n) is 1.54. The summed E-state index contributed by atoms with van der Waals surface area (Å²) in [5.41, 5.74) is 11.5. The average Bonchev–Trinajstić information content (AvgIpc) is 2.33. The fourth-order valence-electron chi connectivity index (χ4n) is 1.01. The molecule has 0 saturated heterocycles. The van der Waals surface area contributed by atoms with E-state index in [1.165, 1.54) is 0 Å². The molecule has 0 radical (unpaired) electrons. The van der Waals surface area contributed by atoms with E-state index in [1.807, 2.05) is 6.92 Å². The average molecular weight is 168 g/mol. The van der Waals surface area contributed by atoms with E-state index < -0.39 is 5.91 Å². The second kappa shape index (κ2) is 3.36. The molecular formula is C7H12N4O. The second-order valence-corrected chi connectivity index (χ2v) is 2.70. The summed E-state index contributed by atoms with van der Waals surface area (Å²) in [6.07, 6.45) is 3.18. The van der Waals surface area contributed by atoms with Crippen LogP contribution in [0.5, 0.6) is 0 Å². The van der Waals surface area contributed by atoms with Crippen molar-refractivity contribution in [3.05, 3.63) is 18.2 Å². The van der Waals surface area contributed by atoms with Gasteiger partial charge < -0.3 is 16.0 Å². The maximum absolute atomic E-state index is 10.6. The van der Waals surface area contributed by atoms with Crippen LogP contribution in [0, 0.1) is 0 Å². The number of nitrogens with zero attached hydrogens (tertiary/aromatic N) is 2. The standard InChI is InChI=1S/C7H12N4O/c1-5(8)6-2-10-4-11(6)3-7(9)12/h2,4-5H,3,8H2,1H3,(H2,9,12)/t5-/m0/s1. The highest BCUT2D eigenvalue weighted by Crippen LogP contribution is 2.07. The molecule has 0 saturated carbocycles. The maximum Gasteiger partial charge on any atom is 0.237 e. The lowest BCUT2D eigenvalue weighted by Gasteiger charge is -2.07. The van der Waals surface area contributed by atoms with Crippen molar-refractivity contribution in [1.29, 1.82) is 0 Å². The zero-order valence-corrected chi connectivity index (χ0v) is 6.90. The van der Waals surface area contributed by atoms with Crippen LogP contribution >= 0.6 is 0 Å². The molecule has 0 aromatic carbocycles. The Hall–Kier alpha value is -1.36. The Labute approximate surface area is 70.4 Å². The smallest absolute Gasteiger partial charge is 0.237 e. The molecule has 0 unspecified atom stereocenters. The zero-order valence-electron chi connectivity index (χ0n) is 6.90. The number of hydrogen-bond donors (Lipinski definition) is 2. The van der Waals surface area contributed by atoms with Crippen LogP contribution in [0.2, 0.25) is 0 Å². The molecule has 1 aromatic rings. The Bertz CT molecular complexity index is 279. The lowest BCUT2D eigenvalue weighted by atomic mass is 10.3. The lowest BCUT2D eigenvalue weighted by molar-refractivity contribution is -0.118. The van der Waals surface area contributed by atoms with Crippen LogP contribution < -0.4 is 11.5 Å². The molecule has 1 atom stereocenters. The number of amides is 1. The molecule has 0 bridgehead atoms. The summed E-state index contributed by atoms with van der Waals surface area (Å²) >= 11 is 0. The van der Waals surface area contributed by atoms with Crippen LogP contribution in [0.1, 0.15) is 18.7 Å². The molecule has 1 rings (SSSR count). The van der Waals surface area contributed by atoms with Gasteiger partial charge in [-0.15, -0.1) is 0 Å². The van der Waals surface area contributed by atoms with E-state index in [9.17, 15) is 4.79 Å². The molecule has 12 heavy (non-hydrogen) atoms. The van der Waals surface area contributed by atoms with Gasteiger partial charge in [-0.1, -0.05) is 0 Å². The van der Waals surface area contributed by atoms with Gasteiger partial charge >= 0.3 is 0 Å². The van der Waals surface area contributed by atoms with Crippen molar-refractivity contribution in [3.63, 3.8) is 0 Å². The van der Waals surface area contributed by atoms with E-state index in [-0.39, 0.29) is 12.6 Å². The molecule has 5 nitrogen and oxygen atoms in total. The number of nitrogens with two attached hydrogens (primary N) is 2. The van der Waals surface area contributed by atoms with Crippen LogP contribution in [-0.4, -0.2) is 15.5 Å². The van der Waals surface area contributed by atoms with Crippen LogP contribution in [0.15, 0.2) is 12.5 Å². The van der Waals surface area contributed by atoms with Crippen molar-refractivity contribution in [1.82, 2.24) is 9.55 Å². The van der Waals surface area contributed by atoms with Gasteiger partial charge in [-0.2, -0.15) is 0 Å². The van der Waals surface area contributed by atoms with Crippen LogP contribution in [-0.2, 0) is 11.3 Å². The Morgan fingerprint density at radius 1 is 1.83 bits per heavy atom. The minimum atomic E-state index is -0.394. The van der Waals surface area contributed by atoms with E-state index >= 15 is 0 Å². The molecule has 66 valence electrons. The number of carbonyl (C=O) groups excluding carboxylic acids is 1. The molecule has 0 aliphatic heterocycles. The highest BCUT2D eigenvalue weighted by molar-refractivity contribution is 5.73. The second-order valence-electron chi connectivity index (χ2n) is 2.70. The van der Waals surface area contributed by atoms with Gasteiger partial charge in [0.15, 0.2) is 0 Å². The van der Waals surface area contributed by atoms with Crippen LogP contribution in [0.4, 0.5) is 0 Å². The van der Waals surface area contributed by atoms with Crippen molar-refractivity contribution < 1.29 is 4.79 Å².